The number of benzene rings is 1. The van der Waals surface area contributed by atoms with Crippen molar-refractivity contribution in [3.8, 4) is 0 Å². The number of aryl methyl sites for hydroxylation is 1. The van der Waals surface area contributed by atoms with Crippen LogP contribution in [0.25, 0.3) is 0 Å². The summed E-state index contributed by atoms with van der Waals surface area (Å²) in [5, 5.41) is 0.503. The second-order valence-corrected chi connectivity index (χ2v) is 5.39. The Bertz CT molecular complexity index is 399. The number of nitrogens with two attached hydrogens (primary N) is 1. The monoisotopic (exact) mass is 255 g/mol. The lowest BCUT2D eigenvalue weighted by atomic mass is 9.81. The summed E-state index contributed by atoms with van der Waals surface area (Å²) in [6, 6.07) is 2.91. The fraction of sp³-hybridized carbons (Fsp3) is 0.571. The van der Waals surface area contributed by atoms with E-state index in [2.05, 4.69) is 0 Å². The van der Waals surface area contributed by atoms with Crippen LogP contribution in [-0.4, -0.2) is 0 Å². The Labute approximate surface area is 107 Å². The van der Waals surface area contributed by atoms with Crippen molar-refractivity contribution in [3.63, 3.8) is 0 Å². The average Bonchev–Trinajstić information content (AvgIpc) is 2.35. The Morgan fingerprint density at radius 2 is 1.94 bits per heavy atom. The van der Waals surface area contributed by atoms with E-state index in [-0.39, 0.29) is 11.9 Å². The van der Waals surface area contributed by atoms with E-state index >= 15 is 0 Å². The van der Waals surface area contributed by atoms with Crippen LogP contribution >= 0.6 is 11.6 Å². The summed E-state index contributed by atoms with van der Waals surface area (Å²) in [5.41, 5.74) is 7.63. The van der Waals surface area contributed by atoms with Crippen molar-refractivity contribution in [2.45, 2.75) is 45.1 Å². The molecule has 0 spiro atoms. The molecular formula is C14H19ClFN. The summed E-state index contributed by atoms with van der Waals surface area (Å²) in [6.07, 6.45) is 5.84. The minimum Gasteiger partial charge on any atom is -0.324 e. The van der Waals surface area contributed by atoms with Crippen molar-refractivity contribution < 1.29 is 4.39 Å². The van der Waals surface area contributed by atoms with Gasteiger partial charge in [0.15, 0.2) is 0 Å². The molecule has 1 nitrogen and oxygen atoms in total. The van der Waals surface area contributed by atoms with Gasteiger partial charge >= 0.3 is 0 Å². The van der Waals surface area contributed by atoms with E-state index in [0.29, 0.717) is 16.5 Å². The van der Waals surface area contributed by atoms with Gasteiger partial charge in [0.1, 0.15) is 5.82 Å². The molecule has 3 heteroatoms. The molecule has 2 N–H and O–H groups in total. The quantitative estimate of drug-likeness (QED) is 0.835. The van der Waals surface area contributed by atoms with Crippen LogP contribution < -0.4 is 5.73 Å². The third-order valence-corrected chi connectivity index (χ3v) is 4.31. The topological polar surface area (TPSA) is 26.0 Å². The SMILES string of the molecule is Cc1ccc(F)c([C@@H](N)C2CCCCC2)c1Cl. The minimum atomic E-state index is -0.265. The Morgan fingerprint density at radius 1 is 1.29 bits per heavy atom. The summed E-state index contributed by atoms with van der Waals surface area (Å²) in [4.78, 5) is 0. The van der Waals surface area contributed by atoms with E-state index in [1.54, 1.807) is 6.07 Å². The summed E-state index contributed by atoms with van der Waals surface area (Å²) in [6.45, 7) is 1.89. The summed E-state index contributed by atoms with van der Waals surface area (Å²) >= 11 is 6.19. The Hall–Kier alpha value is -0.600. The molecule has 2 rings (SSSR count). The van der Waals surface area contributed by atoms with Crippen LogP contribution in [0.3, 0.4) is 0 Å². The third-order valence-electron chi connectivity index (χ3n) is 3.81. The predicted octanol–water partition coefficient (Wildman–Crippen LogP) is 4.37. The van der Waals surface area contributed by atoms with Crippen molar-refractivity contribution >= 4 is 11.6 Å². The largest absolute Gasteiger partial charge is 0.324 e. The van der Waals surface area contributed by atoms with Crippen molar-refractivity contribution in [2.75, 3.05) is 0 Å². The first-order chi connectivity index (χ1) is 8.11. The van der Waals surface area contributed by atoms with Crippen molar-refractivity contribution in [2.24, 2.45) is 11.7 Å². The molecule has 1 atom stereocenters. The first kappa shape index (κ1) is 12.8. The molecule has 1 fully saturated rings. The molecule has 1 aliphatic rings. The number of halogens is 2. The minimum absolute atomic E-state index is 0.261. The van der Waals surface area contributed by atoms with Gasteiger partial charge in [0.2, 0.25) is 0 Å². The van der Waals surface area contributed by atoms with Gasteiger partial charge in [0, 0.05) is 11.6 Å². The second kappa shape index (κ2) is 5.36. The number of hydrogen-bond acceptors (Lipinski definition) is 1. The standard InChI is InChI=1S/C14H19ClFN/c1-9-7-8-11(16)12(13(9)15)14(17)10-5-3-2-4-6-10/h7-8,10,14H,2-6,17H2,1H3/t14-/m0/s1. The van der Waals surface area contributed by atoms with Gasteiger partial charge in [-0.1, -0.05) is 36.9 Å². The van der Waals surface area contributed by atoms with Gasteiger partial charge in [0.05, 0.1) is 5.02 Å². The fourth-order valence-corrected chi connectivity index (χ4v) is 2.99. The fourth-order valence-electron chi connectivity index (χ4n) is 2.71. The van der Waals surface area contributed by atoms with E-state index in [9.17, 15) is 4.39 Å². The normalized spacial score (nSPS) is 19.3. The molecule has 1 aliphatic carbocycles. The molecule has 0 aliphatic heterocycles. The highest BCUT2D eigenvalue weighted by atomic mass is 35.5. The summed E-state index contributed by atoms with van der Waals surface area (Å²) in [7, 11) is 0. The molecule has 0 aromatic heterocycles. The predicted molar refractivity (Wildman–Crippen MR) is 69.7 cm³/mol. The number of hydrogen-bond donors (Lipinski definition) is 1. The van der Waals surface area contributed by atoms with E-state index in [1.807, 2.05) is 6.92 Å². The van der Waals surface area contributed by atoms with Crippen LogP contribution in [-0.2, 0) is 0 Å². The van der Waals surface area contributed by atoms with Gasteiger partial charge < -0.3 is 5.73 Å². The molecule has 1 aromatic carbocycles. The van der Waals surface area contributed by atoms with Gasteiger partial charge in [-0.05, 0) is 37.3 Å². The zero-order chi connectivity index (χ0) is 12.4. The van der Waals surface area contributed by atoms with Crippen LogP contribution in [0.4, 0.5) is 4.39 Å². The van der Waals surface area contributed by atoms with Crippen LogP contribution in [0.2, 0.25) is 5.02 Å². The highest BCUT2D eigenvalue weighted by Crippen LogP contribution is 2.37. The van der Waals surface area contributed by atoms with Crippen LogP contribution in [0.5, 0.6) is 0 Å². The van der Waals surface area contributed by atoms with Gasteiger partial charge in [0.25, 0.3) is 0 Å². The summed E-state index contributed by atoms with van der Waals surface area (Å²) < 4.78 is 13.9. The molecule has 17 heavy (non-hydrogen) atoms. The Balaban J connectivity index is 2.29. The lowest BCUT2D eigenvalue weighted by Gasteiger charge is -2.28. The molecule has 0 saturated heterocycles. The van der Waals surface area contributed by atoms with Gasteiger partial charge in [-0.3, -0.25) is 0 Å². The van der Waals surface area contributed by atoms with E-state index < -0.39 is 0 Å². The first-order valence-corrected chi connectivity index (χ1v) is 6.69. The van der Waals surface area contributed by atoms with Crippen LogP contribution in [0.1, 0.15) is 49.3 Å². The van der Waals surface area contributed by atoms with Crippen LogP contribution in [0, 0.1) is 18.7 Å². The van der Waals surface area contributed by atoms with Gasteiger partial charge in [-0.25, -0.2) is 4.39 Å². The molecule has 1 saturated carbocycles. The Morgan fingerprint density at radius 3 is 2.59 bits per heavy atom. The highest BCUT2D eigenvalue weighted by molar-refractivity contribution is 6.32. The molecule has 0 unspecified atom stereocenters. The molecule has 94 valence electrons. The second-order valence-electron chi connectivity index (χ2n) is 5.02. The van der Waals surface area contributed by atoms with E-state index in [4.69, 9.17) is 17.3 Å². The smallest absolute Gasteiger partial charge is 0.129 e. The van der Waals surface area contributed by atoms with E-state index in [1.165, 1.54) is 25.3 Å². The molecule has 0 heterocycles. The van der Waals surface area contributed by atoms with Crippen LogP contribution in [0.15, 0.2) is 12.1 Å². The first-order valence-electron chi connectivity index (χ1n) is 6.31. The average molecular weight is 256 g/mol. The maximum atomic E-state index is 13.9. The van der Waals surface area contributed by atoms with Crippen molar-refractivity contribution in [3.05, 3.63) is 34.1 Å². The molecule has 0 bridgehead atoms. The lowest BCUT2D eigenvalue weighted by molar-refractivity contribution is 0.303. The van der Waals surface area contributed by atoms with Gasteiger partial charge in [-0.2, -0.15) is 0 Å². The third kappa shape index (κ3) is 2.63. The number of rotatable bonds is 2. The Kier molecular flexibility index (Phi) is 4.05. The van der Waals surface area contributed by atoms with Crippen molar-refractivity contribution in [1.82, 2.24) is 0 Å². The maximum Gasteiger partial charge on any atom is 0.129 e. The van der Waals surface area contributed by atoms with Gasteiger partial charge in [-0.15, -0.1) is 0 Å². The zero-order valence-electron chi connectivity index (χ0n) is 10.2. The van der Waals surface area contributed by atoms with E-state index in [0.717, 1.165) is 18.4 Å². The van der Waals surface area contributed by atoms with Crippen molar-refractivity contribution in [1.29, 1.82) is 0 Å². The molecule has 0 amide bonds. The molecular weight excluding hydrogens is 237 g/mol. The molecule has 0 radical (unpaired) electrons. The maximum absolute atomic E-state index is 13.9. The summed E-state index contributed by atoms with van der Waals surface area (Å²) in [5.74, 6) is 0.108. The zero-order valence-corrected chi connectivity index (χ0v) is 10.9. The lowest BCUT2D eigenvalue weighted by Crippen LogP contribution is -2.25. The molecule has 1 aromatic rings. The highest BCUT2D eigenvalue weighted by Gasteiger charge is 2.26.